The molecule has 1 aliphatic carbocycles. The minimum atomic E-state index is -4.38. The van der Waals surface area contributed by atoms with Crippen LogP contribution in [-0.4, -0.2) is 39.9 Å². The summed E-state index contributed by atoms with van der Waals surface area (Å²) in [5.41, 5.74) is 0.535. The van der Waals surface area contributed by atoms with Crippen molar-refractivity contribution in [2.24, 2.45) is 11.8 Å². The van der Waals surface area contributed by atoms with E-state index in [4.69, 9.17) is 16.3 Å². The summed E-state index contributed by atoms with van der Waals surface area (Å²) < 4.78 is 46.1. The summed E-state index contributed by atoms with van der Waals surface area (Å²) in [5, 5.41) is 9.69. The normalized spacial score (nSPS) is 32.9. The van der Waals surface area contributed by atoms with Crippen LogP contribution in [0, 0.1) is 11.8 Å². The first-order chi connectivity index (χ1) is 13.2. The first kappa shape index (κ1) is 24.3. The van der Waals surface area contributed by atoms with Gasteiger partial charge in [0.25, 0.3) is 0 Å². The third kappa shape index (κ3) is 8.01. The molecule has 0 aromatic carbocycles. The Morgan fingerprint density at radius 2 is 2.07 bits per heavy atom. The molecule has 2 rings (SSSR count). The summed E-state index contributed by atoms with van der Waals surface area (Å²) >= 11 is 9.77. The smallest absolute Gasteiger partial charge is 0.391 e. The van der Waals surface area contributed by atoms with Crippen molar-refractivity contribution in [2.75, 3.05) is 7.11 Å². The van der Waals surface area contributed by atoms with Crippen LogP contribution in [0.4, 0.5) is 13.2 Å². The number of methoxy groups -OCH3 is 1. The van der Waals surface area contributed by atoms with Gasteiger partial charge < -0.3 is 14.6 Å². The number of ether oxygens (including phenoxy) is 1. The predicted octanol–water partition coefficient (Wildman–Crippen LogP) is 5.85. The van der Waals surface area contributed by atoms with Crippen molar-refractivity contribution in [1.82, 2.24) is 4.72 Å². The van der Waals surface area contributed by atoms with Crippen LogP contribution in [0.2, 0.25) is 0 Å². The van der Waals surface area contributed by atoms with Gasteiger partial charge in [0.2, 0.25) is 0 Å². The Morgan fingerprint density at radius 3 is 2.64 bits per heavy atom. The molecule has 28 heavy (non-hydrogen) atoms. The topological polar surface area (TPSA) is 41.5 Å². The molecule has 2 fully saturated rings. The van der Waals surface area contributed by atoms with Crippen molar-refractivity contribution in [1.29, 1.82) is 0 Å². The summed E-state index contributed by atoms with van der Waals surface area (Å²) in [6.45, 7) is 3.59. The Kier molecular flexibility index (Phi) is 9.87. The van der Waals surface area contributed by atoms with Crippen molar-refractivity contribution in [3.05, 3.63) is 24.4 Å². The highest BCUT2D eigenvalue weighted by atomic mass is 35.5. The van der Waals surface area contributed by atoms with Gasteiger partial charge in [-0.15, -0.1) is 23.4 Å². The SMILES string of the molecule is C=C/C=C(\CC(O)CC(F)(F)F)NSC1CC(C2CCC(OC)CC2)C(Cl)S1. The molecule has 4 unspecified atom stereocenters. The lowest BCUT2D eigenvalue weighted by molar-refractivity contribution is -0.153. The van der Waals surface area contributed by atoms with Crippen LogP contribution in [0.1, 0.15) is 44.9 Å². The van der Waals surface area contributed by atoms with Crippen molar-refractivity contribution in [3.8, 4) is 0 Å². The Balaban J connectivity index is 1.81. The molecule has 0 spiro atoms. The molecule has 4 atom stereocenters. The molecular weight excluding hydrogens is 431 g/mol. The van der Waals surface area contributed by atoms with Crippen LogP contribution in [0.15, 0.2) is 24.4 Å². The van der Waals surface area contributed by atoms with E-state index in [0.29, 0.717) is 23.6 Å². The molecule has 3 nitrogen and oxygen atoms in total. The van der Waals surface area contributed by atoms with Gasteiger partial charge in [0.15, 0.2) is 0 Å². The molecule has 1 heterocycles. The van der Waals surface area contributed by atoms with E-state index in [9.17, 15) is 18.3 Å². The maximum Gasteiger partial charge on any atom is 0.391 e. The fourth-order valence-electron chi connectivity index (χ4n) is 3.89. The average molecular weight is 460 g/mol. The molecule has 0 amide bonds. The number of alkyl halides is 4. The molecule has 2 aliphatic rings. The number of nitrogens with one attached hydrogen (secondary N) is 1. The monoisotopic (exact) mass is 459 g/mol. The van der Waals surface area contributed by atoms with Crippen LogP contribution in [0.3, 0.4) is 0 Å². The summed E-state index contributed by atoms with van der Waals surface area (Å²) in [5.74, 6) is 1.04. The second-order valence-electron chi connectivity index (χ2n) is 7.41. The molecule has 0 radical (unpaired) electrons. The fraction of sp³-hybridized carbons (Fsp3) is 0.789. The Labute approximate surface area is 179 Å². The fourth-order valence-corrected chi connectivity index (χ4v) is 7.39. The van der Waals surface area contributed by atoms with E-state index in [0.717, 1.165) is 32.1 Å². The van der Waals surface area contributed by atoms with Crippen molar-refractivity contribution >= 4 is 35.3 Å². The Morgan fingerprint density at radius 1 is 1.39 bits per heavy atom. The van der Waals surface area contributed by atoms with E-state index < -0.39 is 18.7 Å². The van der Waals surface area contributed by atoms with Crippen LogP contribution in [0.25, 0.3) is 0 Å². The van der Waals surface area contributed by atoms with Crippen LogP contribution < -0.4 is 4.72 Å². The predicted molar refractivity (Wildman–Crippen MR) is 112 cm³/mol. The zero-order valence-corrected chi connectivity index (χ0v) is 18.3. The zero-order chi connectivity index (χ0) is 20.7. The molecule has 1 saturated carbocycles. The van der Waals surface area contributed by atoms with Gasteiger partial charge in [-0.25, -0.2) is 0 Å². The van der Waals surface area contributed by atoms with Crippen molar-refractivity contribution < 1.29 is 23.0 Å². The first-order valence-corrected chi connectivity index (χ1v) is 11.8. The van der Waals surface area contributed by atoms with Gasteiger partial charge in [-0.1, -0.05) is 12.7 Å². The van der Waals surface area contributed by atoms with E-state index >= 15 is 0 Å². The lowest BCUT2D eigenvalue weighted by Crippen LogP contribution is -2.27. The number of halogens is 4. The van der Waals surface area contributed by atoms with E-state index in [1.165, 1.54) is 18.0 Å². The molecule has 0 aromatic heterocycles. The lowest BCUT2D eigenvalue weighted by atomic mass is 9.78. The number of hydrogen-bond donors (Lipinski definition) is 2. The highest BCUT2D eigenvalue weighted by molar-refractivity contribution is 8.17. The Bertz CT molecular complexity index is 528. The van der Waals surface area contributed by atoms with Crippen molar-refractivity contribution in [3.63, 3.8) is 0 Å². The lowest BCUT2D eigenvalue weighted by Gasteiger charge is -2.32. The molecule has 1 aliphatic heterocycles. The number of aliphatic hydroxyl groups excluding tert-OH is 1. The van der Waals surface area contributed by atoms with E-state index in [2.05, 4.69) is 11.3 Å². The van der Waals surface area contributed by atoms with E-state index in [-0.39, 0.29) is 15.7 Å². The largest absolute Gasteiger partial charge is 0.392 e. The summed E-state index contributed by atoms with van der Waals surface area (Å²) in [6, 6.07) is 0. The first-order valence-electron chi connectivity index (χ1n) is 9.52. The maximum absolute atomic E-state index is 12.4. The number of thioether (sulfide) groups is 1. The van der Waals surface area contributed by atoms with Gasteiger partial charge in [-0.05, 0) is 62.0 Å². The molecule has 162 valence electrons. The van der Waals surface area contributed by atoms with Crippen LogP contribution in [-0.2, 0) is 4.74 Å². The van der Waals surface area contributed by atoms with Gasteiger partial charge in [0, 0.05) is 19.2 Å². The third-order valence-corrected chi connectivity index (χ3v) is 8.50. The number of aliphatic hydroxyl groups is 1. The molecule has 0 bridgehead atoms. The van der Waals surface area contributed by atoms with Crippen LogP contribution >= 0.6 is 35.3 Å². The van der Waals surface area contributed by atoms with E-state index in [1.807, 2.05) is 0 Å². The van der Waals surface area contributed by atoms with Crippen LogP contribution in [0.5, 0.6) is 0 Å². The number of allylic oxidation sites excluding steroid dienone is 2. The van der Waals surface area contributed by atoms with Gasteiger partial charge in [-0.2, -0.15) is 13.2 Å². The van der Waals surface area contributed by atoms with Gasteiger partial charge in [-0.3, -0.25) is 0 Å². The number of rotatable bonds is 9. The third-order valence-electron chi connectivity index (χ3n) is 5.30. The van der Waals surface area contributed by atoms with E-state index in [1.54, 1.807) is 24.9 Å². The van der Waals surface area contributed by atoms with Gasteiger partial charge in [0.05, 0.1) is 27.9 Å². The van der Waals surface area contributed by atoms with Crippen molar-refractivity contribution in [2.45, 2.75) is 72.6 Å². The Hall–Kier alpha value is -0.0200. The highest BCUT2D eigenvalue weighted by Crippen LogP contribution is 2.51. The zero-order valence-electron chi connectivity index (χ0n) is 16.0. The molecule has 1 saturated heterocycles. The molecule has 0 aromatic rings. The second-order valence-corrected chi connectivity index (χ2v) is 10.8. The minimum absolute atomic E-state index is 0.0473. The molecule has 9 heteroatoms. The van der Waals surface area contributed by atoms with Gasteiger partial charge in [0.1, 0.15) is 0 Å². The second kappa shape index (κ2) is 11.4. The summed E-state index contributed by atoms with van der Waals surface area (Å²) in [7, 11) is 1.76. The summed E-state index contributed by atoms with van der Waals surface area (Å²) in [6.07, 6.45) is 1.68. The average Bonchev–Trinajstić information content (AvgIpc) is 2.99. The molecular formula is C19H29ClF3NO2S2. The highest BCUT2D eigenvalue weighted by Gasteiger charge is 2.40. The quantitative estimate of drug-likeness (QED) is 0.257. The number of hydrogen-bond acceptors (Lipinski definition) is 5. The standard InChI is InChI=1S/C19H29ClF3NO2S2/c1-3-4-13(9-14(25)11-19(21,22)23)24-28-17-10-16(18(20)27-17)12-5-7-15(26-2)8-6-12/h3-4,12,14-18,24-25H,1,5-11H2,2H3/b13-4+. The molecule has 2 N–H and O–H groups in total. The maximum atomic E-state index is 12.4. The summed E-state index contributed by atoms with van der Waals surface area (Å²) in [4.78, 5) is 0. The van der Waals surface area contributed by atoms with Gasteiger partial charge >= 0.3 is 6.18 Å². The minimum Gasteiger partial charge on any atom is -0.392 e.